The number of rotatable bonds is 11. The molecule has 3 aliphatic rings. The lowest BCUT2D eigenvalue weighted by atomic mass is 9.63. The van der Waals surface area contributed by atoms with Gasteiger partial charge in [-0.25, -0.2) is 0 Å². The van der Waals surface area contributed by atoms with E-state index in [1.807, 2.05) is 25.2 Å². The largest absolute Gasteiger partial charge is 0.393 e. The Morgan fingerprint density at radius 3 is 1.67 bits per heavy atom. The van der Waals surface area contributed by atoms with E-state index < -0.39 is 0 Å². The first-order valence-corrected chi connectivity index (χ1v) is 16.0. The van der Waals surface area contributed by atoms with Gasteiger partial charge in [-0.2, -0.15) is 0 Å². The number of hydrogen-bond acceptors (Lipinski definition) is 3. The van der Waals surface area contributed by atoms with E-state index in [0.717, 1.165) is 42.4 Å². The van der Waals surface area contributed by atoms with E-state index in [2.05, 4.69) is 123 Å². The van der Waals surface area contributed by atoms with Crippen molar-refractivity contribution in [1.29, 1.82) is 0 Å². The van der Waals surface area contributed by atoms with E-state index in [4.69, 9.17) is 4.74 Å². The molecule has 3 rings (SSSR count). The predicted molar refractivity (Wildman–Crippen MR) is 183 cm³/mol. The fourth-order valence-corrected chi connectivity index (χ4v) is 7.01. The van der Waals surface area contributed by atoms with Crippen LogP contribution in [0.25, 0.3) is 0 Å². The highest BCUT2D eigenvalue weighted by Gasteiger charge is 2.74. The highest BCUT2D eigenvalue weighted by atomic mass is 16.6. The minimum absolute atomic E-state index is 0.0625. The molecule has 0 aromatic heterocycles. The summed E-state index contributed by atoms with van der Waals surface area (Å²) in [6.07, 6.45) is 33.2. The maximum absolute atomic E-state index is 12.9. The van der Waals surface area contributed by atoms with E-state index in [-0.39, 0.29) is 39.3 Å². The molecule has 0 radical (unpaired) electrons. The van der Waals surface area contributed by atoms with Gasteiger partial charge in [-0.1, -0.05) is 136 Å². The molecule has 2 aliphatic carbocycles. The van der Waals surface area contributed by atoms with Gasteiger partial charge in [-0.3, -0.25) is 4.79 Å². The van der Waals surface area contributed by atoms with Crippen LogP contribution in [0.4, 0.5) is 0 Å². The predicted octanol–water partition coefficient (Wildman–Crippen LogP) is 10.0. The third-order valence-corrected chi connectivity index (χ3v) is 10.4. The molecule has 0 bridgehead atoms. The molecule has 3 nitrogen and oxygen atoms in total. The molecular formula is C40H56O3. The minimum Gasteiger partial charge on any atom is -0.393 e. The maximum atomic E-state index is 12.9. The SMILES string of the molecule is CC(/C=C/C=C(C)/C=C/C(=O)[C@]1(C)CCCC1(C)C)=C\C=C\C=C(C)\C=C\C=C(C)\C=C\[C@@]12O[C@]1(C)C[C@@H](O)CC2(C)C. The summed E-state index contributed by atoms with van der Waals surface area (Å²) < 4.78 is 6.24. The summed E-state index contributed by atoms with van der Waals surface area (Å²) in [4.78, 5) is 12.9. The Balaban J connectivity index is 1.48. The van der Waals surface area contributed by atoms with Gasteiger partial charge in [0.05, 0.1) is 6.10 Å². The Morgan fingerprint density at radius 1 is 0.651 bits per heavy atom. The van der Waals surface area contributed by atoms with Crippen LogP contribution in [-0.4, -0.2) is 28.2 Å². The van der Waals surface area contributed by atoms with Gasteiger partial charge in [0.15, 0.2) is 5.78 Å². The van der Waals surface area contributed by atoms with Crippen molar-refractivity contribution in [3.63, 3.8) is 0 Å². The van der Waals surface area contributed by atoms with Crippen molar-refractivity contribution in [3.8, 4) is 0 Å². The highest BCUT2D eigenvalue weighted by molar-refractivity contribution is 5.95. The van der Waals surface area contributed by atoms with Crippen LogP contribution < -0.4 is 0 Å². The van der Waals surface area contributed by atoms with Crippen LogP contribution in [-0.2, 0) is 9.53 Å². The van der Waals surface area contributed by atoms with Crippen LogP contribution in [0.3, 0.4) is 0 Å². The smallest absolute Gasteiger partial charge is 0.162 e. The molecule has 0 aromatic rings. The quantitative estimate of drug-likeness (QED) is 0.149. The van der Waals surface area contributed by atoms with Crippen LogP contribution in [0.1, 0.15) is 101 Å². The lowest BCUT2D eigenvalue weighted by Gasteiger charge is -2.39. The number of carbonyl (C=O) groups excluding carboxylic acids is 1. The van der Waals surface area contributed by atoms with Gasteiger partial charge in [0.1, 0.15) is 11.2 Å². The standard InChI is InChI=1S/C40H56O3/c1-30(18-13-20-32(3)22-23-35(42)38(9)26-15-25-36(38,5)6)16-11-12-17-31(2)19-14-21-33(4)24-27-40-37(7,8)28-34(41)29-39(40,10)43-40/h11-14,16-24,27,34,41H,15,25-26,28-29H2,1-10H3/b12-11+,18-13+,19-14+,23-22+,27-24+,30-16+,31-17+,32-20+,33-21+/t34-,38-,39+,40-/m0/s1. The van der Waals surface area contributed by atoms with Crippen LogP contribution in [0.15, 0.2) is 107 Å². The Kier molecular flexibility index (Phi) is 10.9. The molecule has 0 spiro atoms. The summed E-state index contributed by atoms with van der Waals surface area (Å²) in [5.74, 6) is 0.246. The second-order valence-electron chi connectivity index (χ2n) is 14.9. The van der Waals surface area contributed by atoms with E-state index in [1.54, 1.807) is 6.08 Å². The first-order chi connectivity index (χ1) is 20.0. The molecule has 3 fully saturated rings. The molecule has 234 valence electrons. The van der Waals surface area contributed by atoms with Gasteiger partial charge >= 0.3 is 0 Å². The minimum atomic E-state index is -0.295. The first kappa shape index (κ1) is 34.7. The van der Waals surface area contributed by atoms with E-state index in [1.165, 1.54) is 5.57 Å². The summed E-state index contributed by atoms with van der Waals surface area (Å²) in [5.41, 5.74) is 3.69. The number of epoxide rings is 1. The Hall–Kier alpha value is -2.75. The zero-order valence-corrected chi connectivity index (χ0v) is 28.5. The van der Waals surface area contributed by atoms with E-state index in [0.29, 0.717) is 6.42 Å². The molecule has 1 aliphatic heterocycles. The number of allylic oxidation sites excluding steroid dienone is 17. The van der Waals surface area contributed by atoms with E-state index in [9.17, 15) is 9.90 Å². The summed E-state index contributed by atoms with van der Waals surface area (Å²) in [7, 11) is 0. The average molecular weight is 585 g/mol. The molecule has 0 aromatic carbocycles. The molecule has 1 saturated heterocycles. The molecule has 1 heterocycles. The number of hydrogen-bond donors (Lipinski definition) is 1. The fraction of sp³-hybridized carbons (Fsp3) is 0.525. The van der Waals surface area contributed by atoms with Crippen molar-refractivity contribution < 1.29 is 14.6 Å². The number of ketones is 1. The fourth-order valence-electron chi connectivity index (χ4n) is 7.01. The Labute approximate surface area is 262 Å². The molecule has 43 heavy (non-hydrogen) atoms. The van der Waals surface area contributed by atoms with Crippen molar-refractivity contribution in [3.05, 3.63) is 107 Å². The Bertz CT molecular complexity index is 1320. The van der Waals surface area contributed by atoms with Crippen molar-refractivity contribution in [2.24, 2.45) is 16.2 Å². The number of aliphatic hydroxyl groups excluding tert-OH is 1. The van der Waals surface area contributed by atoms with Crippen LogP contribution in [0.2, 0.25) is 0 Å². The lowest BCUT2D eigenvalue weighted by molar-refractivity contribution is -0.127. The van der Waals surface area contributed by atoms with Gasteiger partial charge in [0.25, 0.3) is 0 Å². The number of ether oxygens (including phenoxy) is 1. The summed E-state index contributed by atoms with van der Waals surface area (Å²) >= 11 is 0. The third kappa shape index (κ3) is 8.05. The molecule has 0 amide bonds. The van der Waals surface area contributed by atoms with Crippen molar-refractivity contribution >= 4 is 5.78 Å². The molecule has 0 unspecified atom stereocenters. The van der Waals surface area contributed by atoms with Crippen molar-refractivity contribution in [2.45, 2.75) is 119 Å². The second-order valence-corrected chi connectivity index (χ2v) is 14.9. The van der Waals surface area contributed by atoms with E-state index >= 15 is 0 Å². The highest BCUT2D eigenvalue weighted by Crippen LogP contribution is 2.66. The van der Waals surface area contributed by atoms with Gasteiger partial charge in [0.2, 0.25) is 0 Å². The third-order valence-electron chi connectivity index (χ3n) is 10.4. The van der Waals surface area contributed by atoms with Crippen molar-refractivity contribution in [2.75, 3.05) is 0 Å². The van der Waals surface area contributed by atoms with Crippen LogP contribution >= 0.6 is 0 Å². The zero-order chi connectivity index (χ0) is 32.1. The summed E-state index contributed by atoms with van der Waals surface area (Å²) in [6, 6.07) is 0. The maximum Gasteiger partial charge on any atom is 0.162 e. The summed E-state index contributed by atoms with van der Waals surface area (Å²) in [6.45, 7) is 21.4. The van der Waals surface area contributed by atoms with Crippen LogP contribution in [0, 0.1) is 16.2 Å². The zero-order valence-electron chi connectivity index (χ0n) is 28.5. The van der Waals surface area contributed by atoms with Crippen molar-refractivity contribution in [1.82, 2.24) is 0 Å². The molecule has 2 saturated carbocycles. The second kappa shape index (κ2) is 13.5. The van der Waals surface area contributed by atoms with Gasteiger partial charge in [0, 0.05) is 17.3 Å². The summed E-state index contributed by atoms with van der Waals surface area (Å²) in [5, 5.41) is 10.2. The van der Waals surface area contributed by atoms with Gasteiger partial charge < -0.3 is 9.84 Å². The molecule has 3 heteroatoms. The molecular weight excluding hydrogens is 528 g/mol. The van der Waals surface area contributed by atoms with Crippen LogP contribution in [0.5, 0.6) is 0 Å². The average Bonchev–Trinajstić information content (AvgIpc) is 3.43. The van der Waals surface area contributed by atoms with Gasteiger partial charge in [-0.15, -0.1) is 0 Å². The number of carbonyl (C=O) groups is 1. The lowest BCUT2D eigenvalue weighted by Crippen LogP contribution is -2.46. The monoisotopic (exact) mass is 584 g/mol. The normalized spacial score (nSPS) is 33.5. The van der Waals surface area contributed by atoms with Gasteiger partial charge in [-0.05, 0) is 71.4 Å². The number of aliphatic hydroxyl groups is 1. The molecule has 4 atom stereocenters. The topological polar surface area (TPSA) is 49.8 Å². The molecule has 1 N–H and O–H groups in total. The Morgan fingerprint density at radius 2 is 1.16 bits per heavy atom. The number of fused-ring (bicyclic) bond motifs is 1. The first-order valence-electron chi connectivity index (χ1n) is 16.0.